The van der Waals surface area contributed by atoms with E-state index >= 15 is 0 Å². The summed E-state index contributed by atoms with van der Waals surface area (Å²) in [5.41, 5.74) is 2.75. The Bertz CT molecular complexity index is 634. The molecule has 0 aromatic heterocycles. The Hall–Kier alpha value is -1.88. The molecule has 0 bridgehead atoms. The lowest BCUT2D eigenvalue weighted by atomic mass is 9.91. The second-order valence-corrected chi connectivity index (χ2v) is 6.81. The first kappa shape index (κ1) is 19.4. The maximum absolute atomic E-state index is 13.7. The topological polar surface area (TPSA) is 47.6 Å². The van der Waals surface area contributed by atoms with E-state index in [1.54, 1.807) is 6.07 Å². The number of nitrogens with one attached hydrogen (secondary N) is 1. The molecule has 0 radical (unpaired) electrons. The van der Waals surface area contributed by atoms with Crippen molar-refractivity contribution in [2.75, 3.05) is 26.9 Å². The van der Waals surface area contributed by atoms with Gasteiger partial charge in [-0.05, 0) is 54.9 Å². The van der Waals surface area contributed by atoms with Gasteiger partial charge in [-0.25, -0.2) is 9.18 Å². The molecule has 0 amide bonds. The summed E-state index contributed by atoms with van der Waals surface area (Å²) in [7, 11) is 1.37. The van der Waals surface area contributed by atoms with E-state index in [-0.39, 0.29) is 11.7 Å². The molecule has 1 N–H and O–H groups in total. The van der Waals surface area contributed by atoms with Gasteiger partial charge in [0, 0.05) is 25.5 Å². The van der Waals surface area contributed by atoms with E-state index in [0.717, 1.165) is 49.4 Å². The number of allylic oxidation sites excluding steroid dienone is 1. The Balaban J connectivity index is 2.33. The highest BCUT2D eigenvalue weighted by molar-refractivity contribution is 6.17. The van der Waals surface area contributed by atoms with Crippen molar-refractivity contribution in [2.24, 2.45) is 5.92 Å². The van der Waals surface area contributed by atoms with E-state index in [4.69, 9.17) is 9.47 Å². The number of hydrogen-bond acceptors (Lipinski definition) is 4. The Morgan fingerprint density at radius 1 is 1.36 bits per heavy atom. The molecule has 0 unspecified atom stereocenters. The third kappa shape index (κ3) is 5.05. The fraction of sp³-hybridized carbons (Fsp3) is 0.550. The van der Waals surface area contributed by atoms with Gasteiger partial charge in [0.05, 0.1) is 12.7 Å². The van der Waals surface area contributed by atoms with Crippen molar-refractivity contribution in [1.29, 1.82) is 0 Å². The predicted molar refractivity (Wildman–Crippen MR) is 96.6 cm³/mol. The fourth-order valence-corrected chi connectivity index (χ4v) is 3.14. The number of ether oxygens (including phenoxy) is 2. The van der Waals surface area contributed by atoms with Gasteiger partial charge in [0.25, 0.3) is 0 Å². The molecule has 138 valence electrons. The minimum atomic E-state index is -0.412. The average molecular weight is 349 g/mol. The zero-order valence-electron chi connectivity index (χ0n) is 15.5. The number of benzene rings is 1. The van der Waals surface area contributed by atoms with Gasteiger partial charge >= 0.3 is 5.97 Å². The standard InChI is InChI=1S/C20H28FNO3/c1-13(2)18-11-16(21)5-6-17(18)19(20(23)24-4)14(3)22-12-15-7-9-25-10-8-15/h5-6,11,13,15,22H,7-10,12H2,1-4H3/b19-14+. The highest BCUT2D eigenvalue weighted by Gasteiger charge is 2.22. The maximum Gasteiger partial charge on any atom is 0.340 e. The van der Waals surface area contributed by atoms with Gasteiger partial charge in [-0.1, -0.05) is 19.9 Å². The van der Waals surface area contributed by atoms with Crippen LogP contribution in [0.25, 0.3) is 5.57 Å². The number of carbonyl (C=O) groups excluding carboxylic acids is 1. The van der Waals surface area contributed by atoms with E-state index < -0.39 is 5.97 Å². The summed E-state index contributed by atoms with van der Waals surface area (Å²) in [5, 5.41) is 3.38. The summed E-state index contributed by atoms with van der Waals surface area (Å²) in [4.78, 5) is 12.4. The molecule has 0 saturated carbocycles. The van der Waals surface area contributed by atoms with Crippen LogP contribution in [0.2, 0.25) is 0 Å². The highest BCUT2D eigenvalue weighted by Crippen LogP contribution is 2.29. The second-order valence-electron chi connectivity index (χ2n) is 6.81. The Kier molecular flexibility index (Phi) is 7.00. The van der Waals surface area contributed by atoms with Crippen molar-refractivity contribution in [2.45, 2.75) is 39.5 Å². The van der Waals surface area contributed by atoms with Crippen molar-refractivity contribution in [3.8, 4) is 0 Å². The molecular weight excluding hydrogens is 321 g/mol. The molecule has 0 spiro atoms. The number of methoxy groups -OCH3 is 1. The van der Waals surface area contributed by atoms with Crippen molar-refractivity contribution < 1.29 is 18.7 Å². The van der Waals surface area contributed by atoms with Crippen LogP contribution in [0.5, 0.6) is 0 Å². The van der Waals surface area contributed by atoms with Crippen LogP contribution in [0.15, 0.2) is 23.9 Å². The monoisotopic (exact) mass is 349 g/mol. The zero-order chi connectivity index (χ0) is 18.4. The highest BCUT2D eigenvalue weighted by atomic mass is 19.1. The van der Waals surface area contributed by atoms with Crippen molar-refractivity contribution in [3.05, 3.63) is 40.8 Å². The van der Waals surface area contributed by atoms with Crippen molar-refractivity contribution in [1.82, 2.24) is 5.32 Å². The fourth-order valence-electron chi connectivity index (χ4n) is 3.14. The minimum Gasteiger partial charge on any atom is -0.465 e. The third-order valence-corrected chi connectivity index (χ3v) is 4.67. The lowest BCUT2D eigenvalue weighted by Gasteiger charge is -2.24. The van der Waals surface area contributed by atoms with Crippen LogP contribution in [-0.4, -0.2) is 32.8 Å². The molecular formula is C20H28FNO3. The van der Waals surface area contributed by atoms with Gasteiger partial charge < -0.3 is 14.8 Å². The normalized spacial score (nSPS) is 16.6. The molecule has 0 atom stereocenters. The molecule has 1 aliphatic heterocycles. The van der Waals surface area contributed by atoms with Gasteiger partial charge in [-0.3, -0.25) is 0 Å². The first-order valence-electron chi connectivity index (χ1n) is 8.84. The molecule has 1 fully saturated rings. The lowest BCUT2D eigenvalue weighted by molar-refractivity contribution is -0.133. The summed E-state index contributed by atoms with van der Waals surface area (Å²) in [5.74, 6) is -0.0935. The third-order valence-electron chi connectivity index (χ3n) is 4.67. The number of rotatable bonds is 6. The summed E-state index contributed by atoms with van der Waals surface area (Å²) < 4.78 is 24.1. The molecule has 1 aromatic rings. The number of esters is 1. The summed E-state index contributed by atoms with van der Waals surface area (Å²) in [6.45, 7) is 8.20. The van der Waals surface area contributed by atoms with Crippen LogP contribution in [0.4, 0.5) is 4.39 Å². The molecule has 25 heavy (non-hydrogen) atoms. The smallest absolute Gasteiger partial charge is 0.340 e. The largest absolute Gasteiger partial charge is 0.465 e. The van der Waals surface area contributed by atoms with E-state index in [1.807, 2.05) is 20.8 Å². The Labute approximate surface area is 149 Å². The van der Waals surface area contributed by atoms with Crippen molar-refractivity contribution in [3.63, 3.8) is 0 Å². The summed E-state index contributed by atoms with van der Waals surface area (Å²) in [6.07, 6.45) is 2.03. The van der Waals surface area contributed by atoms with Gasteiger partial charge in [0.1, 0.15) is 5.82 Å². The van der Waals surface area contributed by atoms with Crippen LogP contribution in [0.3, 0.4) is 0 Å². The van der Waals surface area contributed by atoms with Gasteiger partial charge in [-0.2, -0.15) is 0 Å². The van der Waals surface area contributed by atoms with Gasteiger partial charge in [-0.15, -0.1) is 0 Å². The molecule has 5 heteroatoms. The van der Waals surface area contributed by atoms with Crippen LogP contribution in [-0.2, 0) is 14.3 Å². The Morgan fingerprint density at radius 2 is 2.04 bits per heavy atom. The molecule has 1 aliphatic rings. The number of halogens is 1. The second kappa shape index (κ2) is 8.99. The van der Waals surface area contributed by atoms with Gasteiger partial charge in [0.2, 0.25) is 0 Å². The summed E-state index contributed by atoms with van der Waals surface area (Å²) >= 11 is 0. The van der Waals surface area contributed by atoms with Crippen LogP contribution in [0.1, 0.15) is 50.7 Å². The Morgan fingerprint density at radius 3 is 2.64 bits per heavy atom. The molecule has 1 heterocycles. The molecule has 1 aromatic carbocycles. The van der Waals surface area contributed by atoms with Gasteiger partial charge in [0.15, 0.2) is 0 Å². The first-order chi connectivity index (χ1) is 11.9. The molecule has 2 rings (SSSR count). The minimum absolute atomic E-state index is 0.0913. The number of carbonyl (C=O) groups is 1. The predicted octanol–water partition coefficient (Wildman–Crippen LogP) is 3.87. The zero-order valence-corrected chi connectivity index (χ0v) is 15.5. The van der Waals surface area contributed by atoms with Crippen LogP contribution >= 0.6 is 0 Å². The quantitative estimate of drug-likeness (QED) is 0.626. The lowest BCUT2D eigenvalue weighted by Crippen LogP contribution is -2.28. The molecule has 0 aliphatic carbocycles. The average Bonchev–Trinajstić information content (AvgIpc) is 2.61. The first-order valence-corrected chi connectivity index (χ1v) is 8.84. The van der Waals surface area contributed by atoms with Crippen LogP contribution < -0.4 is 5.32 Å². The van der Waals surface area contributed by atoms with E-state index in [2.05, 4.69) is 5.32 Å². The van der Waals surface area contributed by atoms with Crippen molar-refractivity contribution >= 4 is 11.5 Å². The van der Waals surface area contributed by atoms with Crippen LogP contribution in [0, 0.1) is 11.7 Å². The molecule has 1 saturated heterocycles. The van der Waals surface area contributed by atoms with E-state index in [1.165, 1.54) is 19.2 Å². The van der Waals surface area contributed by atoms with E-state index in [9.17, 15) is 9.18 Å². The summed E-state index contributed by atoms with van der Waals surface area (Å²) in [6, 6.07) is 4.54. The SMILES string of the molecule is COC(=O)/C(=C(\C)NCC1CCOCC1)c1ccc(F)cc1C(C)C. The number of hydrogen-bond donors (Lipinski definition) is 1. The molecule has 4 nitrogen and oxygen atoms in total. The van der Waals surface area contributed by atoms with E-state index in [0.29, 0.717) is 11.5 Å². The maximum atomic E-state index is 13.7.